The summed E-state index contributed by atoms with van der Waals surface area (Å²) in [5.74, 6) is 0. The van der Waals surface area contributed by atoms with E-state index < -0.39 is 0 Å². The predicted octanol–water partition coefficient (Wildman–Crippen LogP) is 3.32. The molecule has 1 heteroatoms. The largest absolute Gasteiger partial charge is 0.141 e. The molecule has 0 bridgehead atoms. The Morgan fingerprint density at radius 1 is 1.27 bits per heavy atom. The molecule has 0 spiro atoms. The van der Waals surface area contributed by atoms with E-state index in [2.05, 4.69) is 26.8 Å². The van der Waals surface area contributed by atoms with Crippen LogP contribution in [-0.4, -0.2) is 0 Å². The van der Waals surface area contributed by atoms with Gasteiger partial charge in [-0.1, -0.05) is 5.57 Å². The van der Waals surface area contributed by atoms with Crippen molar-refractivity contribution in [2.75, 3.05) is 0 Å². The van der Waals surface area contributed by atoms with Crippen LogP contribution in [0.15, 0.2) is 5.57 Å². The van der Waals surface area contributed by atoms with Crippen molar-refractivity contribution in [1.82, 2.24) is 0 Å². The molecule has 1 heterocycles. The Kier molecular flexibility index (Phi) is 1.43. The highest BCUT2D eigenvalue weighted by molar-refractivity contribution is 7.13. The fourth-order valence-electron chi connectivity index (χ4n) is 1.59. The minimum atomic E-state index is 1.19. The molecule has 58 valence electrons. The Balaban J connectivity index is 2.59. The van der Waals surface area contributed by atoms with Gasteiger partial charge in [0, 0.05) is 9.75 Å². The van der Waals surface area contributed by atoms with Gasteiger partial charge in [-0.3, -0.25) is 0 Å². The molecule has 0 radical (unpaired) electrons. The molecule has 2 rings (SSSR count). The number of rotatable bonds is 0. The second kappa shape index (κ2) is 2.21. The highest BCUT2D eigenvalue weighted by Gasteiger charge is 2.15. The van der Waals surface area contributed by atoms with E-state index in [4.69, 9.17) is 0 Å². The van der Waals surface area contributed by atoms with Crippen LogP contribution >= 0.6 is 11.3 Å². The quantitative estimate of drug-likeness (QED) is 0.551. The van der Waals surface area contributed by atoms with Crippen molar-refractivity contribution in [3.05, 3.63) is 26.5 Å². The first-order valence-electron chi connectivity index (χ1n) is 3.94. The van der Waals surface area contributed by atoms with Crippen LogP contribution in [0, 0.1) is 13.8 Å². The minimum Gasteiger partial charge on any atom is -0.141 e. The van der Waals surface area contributed by atoms with E-state index in [9.17, 15) is 0 Å². The monoisotopic (exact) mass is 164 g/mol. The fraction of sp³-hybridized carbons (Fsp3) is 0.400. The third kappa shape index (κ3) is 0.951. The average molecular weight is 164 g/mol. The van der Waals surface area contributed by atoms with Gasteiger partial charge in [-0.15, -0.1) is 11.3 Å². The molecule has 0 unspecified atom stereocenters. The van der Waals surface area contributed by atoms with Crippen molar-refractivity contribution < 1.29 is 0 Å². The summed E-state index contributed by atoms with van der Waals surface area (Å²) in [6.45, 7) is 6.65. The minimum absolute atomic E-state index is 1.19. The smallest absolute Gasteiger partial charge is 0.0310 e. The van der Waals surface area contributed by atoms with Crippen LogP contribution in [0.2, 0.25) is 0 Å². The van der Waals surface area contributed by atoms with Crippen LogP contribution in [0.5, 0.6) is 0 Å². The first kappa shape index (κ1) is 7.11. The van der Waals surface area contributed by atoms with Gasteiger partial charge in [0.1, 0.15) is 0 Å². The van der Waals surface area contributed by atoms with Crippen LogP contribution in [0.3, 0.4) is 0 Å². The summed E-state index contributed by atoms with van der Waals surface area (Å²) in [5, 5.41) is 0. The lowest BCUT2D eigenvalue weighted by Gasteiger charge is -1.94. The maximum absolute atomic E-state index is 2.32. The van der Waals surface area contributed by atoms with Crippen LogP contribution < -0.4 is 0 Å². The topological polar surface area (TPSA) is 0 Å². The molecule has 1 aromatic heterocycles. The Morgan fingerprint density at radius 2 is 2.00 bits per heavy atom. The lowest BCUT2D eigenvalue weighted by Crippen LogP contribution is -1.82. The standard InChI is InChI=1S/C10H12S/c1-6-4-9-7(2)8(3)11-10(9)5-6/h5H,4H2,1-3H3. The van der Waals surface area contributed by atoms with Crippen molar-refractivity contribution in [3.8, 4) is 0 Å². The third-order valence-corrected chi connectivity index (χ3v) is 3.57. The summed E-state index contributed by atoms with van der Waals surface area (Å²) < 4.78 is 0. The SMILES string of the molecule is CC1=Cc2sc(C)c(C)c2C1. The highest BCUT2D eigenvalue weighted by Crippen LogP contribution is 2.35. The predicted molar refractivity (Wildman–Crippen MR) is 51.1 cm³/mol. The summed E-state index contributed by atoms with van der Waals surface area (Å²) >= 11 is 1.93. The second-order valence-corrected chi connectivity index (χ2v) is 4.55. The van der Waals surface area contributed by atoms with E-state index in [1.165, 1.54) is 27.3 Å². The molecule has 0 saturated heterocycles. The van der Waals surface area contributed by atoms with Crippen LogP contribution in [0.1, 0.15) is 27.8 Å². The number of allylic oxidation sites excluding steroid dienone is 1. The van der Waals surface area contributed by atoms with Crippen LogP contribution in [0.25, 0.3) is 6.08 Å². The molecular formula is C10H12S. The molecule has 0 aliphatic heterocycles. The number of hydrogen-bond acceptors (Lipinski definition) is 1. The van der Waals surface area contributed by atoms with Crippen LogP contribution in [0.4, 0.5) is 0 Å². The zero-order valence-corrected chi connectivity index (χ0v) is 8.01. The molecule has 0 aromatic carbocycles. The maximum Gasteiger partial charge on any atom is 0.0310 e. The van der Waals surface area contributed by atoms with E-state index in [0.29, 0.717) is 0 Å². The maximum atomic E-state index is 2.32. The normalized spacial score (nSPS) is 15.0. The average Bonchev–Trinajstić information content (AvgIpc) is 2.37. The lowest BCUT2D eigenvalue weighted by molar-refractivity contribution is 1.17. The van der Waals surface area contributed by atoms with Gasteiger partial charge in [0.15, 0.2) is 0 Å². The number of hydrogen-bond donors (Lipinski definition) is 0. The van der Waals surface area contributed by atoms with Gasteiger partial charge in [0.05, 0.1) is 0 Å². The number of thiophene rings is 1. The summed E-state index contributed by atoms with van der Waals surface area (Å²) in [7, 11) is 0. The first-order chi connectivity index (χ1) is 5.18. The molecule has 0 fully saturated rings. The van der Waals surface area contributed by atoms with E-state index in [1.54, 1.807) is 5.56 Å². The number of aryl methyl sites for hydroxylation is 1. The van der Waals surface area contributed by atoms with E-state index in [1.807, 2.05) is 11.3 Å². The summed E-state index contributed by atoms with van der Waals surface area (Å²) in [6.07, 6.45) is 3.51. The highest BCUT2D eigenvalue weighted by atomic mass is 32.1. The van der Waals surface area contributed by atoms with Crippen LogP contribution in [-0.2, 0) is 6.42 Å². The van der Waals surface area contributed by atoms with Crippen molar-refractivity contribution in [1.29, 1.82) is 0 Å². The summed E-state index contributed by atoms with van der Waals surface area (Å²) in [6, 6.07) is 0. The molecular weight excluding hydrogens is 152 g/mol. The van der Waals surface area contributed by atoms with E-state index in [-0.39, 0.29) is 0 Å². The van der Waals surface area contributed by atoms with Gasteiger partial charge in [-0.25, -0.2) is 0 Å². The molecule has 0 saturated carbocycles. The van der Waals surface area contributed by atoms with Crippen molar-refractivity contribution in [3.63, 3.8) is 0 Å². The Bertz CT molecular complexity index is 329. The second-order valence-electron chi connectivity index (χ2n) is 3.29. The van der Waals surface area contributed by atoms with Gasteiger partial charge in [-0.2, -0.15) is 0 Å². The third-order valence-electron chi connectivity index (χ3n) is 2.37. The molecule has 0 atom stereocenters. The van der Waals surface area contributed by atoms with Gasteiger partial charge in [0.25, 0.3) is 0 Å². The molecule has 1 aliphatic rings. The fourth-order valence-corrected chi connectivity index (χ4v) is 2.81. The van der Waals surface area contributed by atoms with Crippen molar-refractivity contribution in [2.24, 2.45) is 0 Å². The van der Waals surface area contributed by atoms with Crippen molar-refractivity contribution in [2.45, 2.75) is 27.2 Å². The molecule has 1 aliphatic carbocycles. The van der Waals surface area contributed by atoms with E-state index in [0.717, 1.165) is 0 Å². The summed E-state index contributed by atoms with van der Waals surface area (Å²) in [5.41, 5.74) is 4.59. The molecule has 0 nitrogen and oxygen atoms in total. The molecule has 0 N–H and O–H groups in total. The first-order valence-corrected chi connectivity index (χ1v) is 4.76. The van der Waals surface area contributed by atoms with Gasteiger partial charge >= 0.3 is 0 Å². The zero-order chi connectivity index (χ0) is 8.01. The Hall–Kier alpha value is -0.560. The van der Waals surface area contributed by atoms with Gasteiger partial charge in [0.2, 0.25) is 0 Å². The Morgan fingerprint density at radius 3 is 2.64 bits per heavy atom. The van der Waals surface area contributed by atoms with Gasteiger partial charge in [-0.05, 0) is 44.4 Å². The number of fused-ring (bicyclic) bond motifs is 1. The van der Waals surface area contributed by atoms with Crippen molar-refractivity contribution >= 4 is 17.4 Å². The molecule has 1 aromatic rings. The Labute approximate surface area is 71.6 Å². The van der Waals surface area contributed by atoms with Gasteiger partial charge < -0.3 is 0 Å². The molecule has 0 amide bonds. The zero-order valence-electron chi connectivity index (χ0n) is 7.19. The molecule has 11 heavy (non-hydrogen) atoms. The summed E-state index contributed by atoms with van der Waals surface area (Å²) in [4.78, 5) is 2.98. The lowest BCUT2D eigenvalue weighted by atomic mass is 10.1. The van der Waals surface area contributed by atoms with E-state index >= 15 is 0 Å².